The molecule has 0 aliphatic carbocycles. The van der Waals surface area contributed by atoms with E-state index in [1.54, 1.807) is 13.3 Å². The van der Waals surface area contributed by atoms with Gasteiger partial charge in [-0.2, -0.15) is 0 Å². The zero-order valence-electron chi connectivity index (χ0n) is 19.3. The minimum atomic E-state index is -1.14. The van der Waals surface area contributed by atoms with E-state index in [1.165, 1.54) is 0 Å². The van der Waals surface area contributed by atoms with Crippen LogP contribution in [0, 0.1) is 0 Å². The van der Waals surface area contributed by atoms with Gasteiger partial charge in [0, 0.05) is 44.7 Å². The molecule has 0 aliphatic rings. The molecule has 2 rings (SSSR count). The van der Waals surface area contributed by atoms with E-state index in [1.807, 2.05) is 16.8 Å². The Bertz CT molecular complexity index is 817. The van der Waals surface area contributed by atoms with Crippen LogP contribution in [-0.4, -0.2) is 60.7 Å². The average Bonchev–Trinajstić information content (AvgIpc) is 3.00. The number of aromatic nitrogens is 2. The van der Waals surface area contributed by atoms with Crippen molar-refractivity contribution in [2.75, 3.05) is 20.3 Å². The van der Waals surface area contributed by atoms with E-state index < -0.39 is 8.07 Å². The fourth-order valence-corrected chi connectivity index (χ4v) is 4.20. The maximum Gasteiger partial charge on any atom is 0.223 e. The third-order valence-corrected chi connectivity index (χ3v) is 6.84. The highest BCUT2D eigenvalue weighted by Gasteiger charge is 2.24. The maximum atomic E-state index is 13.2. The van der Waals surface area contributed by atoms with Crippen molar-refractivity contribution in [3.05, 3.63) is 24.0 Å². The summed E-state index contributed by atoms with van der Waals surface area (Å²) in [6, 6.07) is 3.61. The summed E-state index contributed by atoms with van der Waals surface area (Å²) in [5.41, 5.74) is 1.55. The van der Waals surface area contributed by atoms with E-state index in [0.717, 1.165) is 23.6 Å². The van der Waals surface area contributed by atoms with Crippen LogP contribution in [0.1, 0.15) is 38.1 Å². The molecule has 0 fully saturated rings. The molecule has 162 valence electrons. The third-order valence-electron chi connectivity index (χ3n) is 5.13. The third kappa shape index (κ3) is 6.14. The molecule has 2 heterocycles. The van der Waals surface area contributed by atoms with Crippen LogP contribution in [-0.2, 0) is 11.5 Å². The summed E-state index contributed by atoms with van der Waals surface area (Å²) < 4.78 is 13.4. The van der Waals surface area contributed by atoms with Gasteiger partial charge in [-0.15, -0.1) is 0 Å². The van der Waals surface area contributed by atoms with Crippen molar-refractivity contribution < 1.29 is 14.3 Å². The van der Waals surface area contributed by atoms with Crippen molar-refractivity contribution in [1.82, 2.24) is 14.5 Å². The summed E-state index contributed by atoms with van der Waals surface area (Å²) in [6.07, 6.45) is 3.60. The molecule has 0 unspecified atom stereocenters. The molecule has 2 aromatic rings. The Balaban J connectivity index is 2.33. The Labute approximate surface area is 176 Å². The van der Waals surface area contributed by atoms with Gasteiger partial charge in [0.1, 0.15) is 6.73 Å². The number of ether oxygens (including phenoxy) is 2. The normalized spacial score (nSPS) is 12.5. The minimum absolute atomic E-state index is 0.0737. The number of pyridine rings is 1. The van der Waals surface area contributed by atoms with Gasteiger partial charge in [0.2, 0.25) is 5.88 Å². The van der Waals surface area contributed by atoms with Crippen molar-refractivity contribution in [1.29, 1.82) is 0 Å². The molecule has 0 aromatic carbocycles. The predicted octanol–water partition coefficient (Wildman–Crippen LogP) is 4.66. The lowest BCUT2D eigenvalue weighted by Gasteiger charge is -2.29. The lowest BCUT2D eigenvalue weighted by Crippen LogP contribution is -2.40. The number of hydrogen-bond donors (Lipinski definition) is 0. The minimum Gasteiger partial charge on any atom is -0.480 e. The van der Waals surface area contributed by atoms with Crippen molar-refractivity contribution in [3.8, 4) is 5.88 Å². The van der Waals surface area contributed by atoms with Crippen LogP contribution in [0.3, 0.4) is 0 Å². The first kappa shape index (κ1) is 23.6. The topological polar surface area (TPSA) is 56.6 Å². The molecule has 0 bridgehead atoms. The van der Waals surface area contributed by atoms with Gasteiger partial charge in [0.05, 0.1) is 24.6 Å². The Kier molecular flexibility index (Phi) is 8.02. The SMILES string of the molecule is COc1nccc2c1c(C(=O)CN(C(C)C)C(C)C)cn2COCC[Si](C)(C)C. The molecule has 7 heteroatoms. The number of Topliss-reactive ketones (excluding diaryl/α,β-unsaturated/α-hetero) is 1. The summed E-state index contributed by atoms with van der Waals surface area (Å²) in [7, 11) is 0.449. The number of methoxy groups -OCH3 is 1. The molecule has 0 saturated heterocycles. The maximum absolute atomic E-state index is 13.2. The molecule has 0 aliphatic heterocycles. The monoisotopic (exact) mass is 419 g/mol. The molecule has 0 atom stereocenters. The largest absolute Gasteiger partial charge is 0.480 e. The molecule has 0 saturated carbocycles. The molecule has 0 amide bonds. The number of carbonyl (C=O) groups excluding carboxylic acids is 1. The van der Waals surface area contributed by atoms with Crippen molar-refractivity contribution in [3.63, 3.8) is 0 Å². The summed E-state index contributed by atoms with van der Waals surface area (Å²) >= 11 is 0. The Morgan fingerprint density at radius 1 is 1.21 bits per heavy atom. The number of nitrogens with zero attached hydrogens (tertiary/aromatic N) is 3. The van der Waals surface area contributed by atoms with Gasteiger partial charge in [-0.25, -0.2) is 4.98 Å². The van der Waals surface area contributed by atoms with Crippen molar-refractivity contribution in [2.24, 2.45) is 0 Å². The fraction of sp³-hybridized carbons (Fsp3) is 0.636. The van der Waals surface area contributed by atoms with E-state index in [-0.39, 0.29) is 17.9 Å². The second-order valence-electron chi connectivity index (χ2n) is 9.36. The second kappa shape index (κ2) is 9.87. The molecule has 6 nitrogen and oxygen atoms in total. The lowest BCUT2D eigenvalue weighted by molar-refractivity contribution is 0.0857. The van der Waals surface area contributed by atoms with Crippen LogP contribution >= 0.6 is 0 Å². The van der Waals surface area contributed by atoms with Crippen LogP contribution in [0.4, 0.5) is 0 Å². The van der Waals surface area contributed by atoms with Gasteiger partial charge in [-0.1, -0.05) is 19.6 Å². The van der Waals surface area contributed by atoms with Gasteiger partial charge in [-0.05, 0) is 39.8 Å². The van der Waals surface area contributed by atoms with E-state index in [4.69, 9.17) is 9.47 Å². The summed E-state index contributed by atoms with van der Waals surface area (Å²) in [5, 5.41) is 0.765. The van der Waals surface area contributed by atoms with Crippen molar-refractivity contribution in [2.45, 2.75) is 72.2 Å². The van der Waals surface area contributed by atoms with Gasteiger partial charge in [-0.3, -0.25) is 9.69 Å². The molecule has 0 spiro atoms. The Hall–Kier alpha value is -1.70. The number of rotatable bonds is 11. The summed E-state index contributed by atoms with van der Waals surface area (Å²) in [6.45, 7) is 17.0. The second-order valence-corrected chi connectivity index (χ2v) is 15.0. The van der Waals surface area contributed by atoms with Gasteiger partial charge < -0.3 is 14.0 Å². The summed E-state index contributed by atoms with van der Waals surface area (Å²) in [4.78, 5) is 19.8. The van der Waals surface area contributed by atoms with Crippen LogP contribution < -0.4 is 4.74 Å². The van der Waals surface area contributed by atoms with Gasteiger partial charge in [0.25, 0.3) is 0 Å². The average molecular weight is 420 g/mol. The fourth-order valence-electron chi connectivity index (χ4n) is 3.44. The summed E-state index contributed by atoms with van der Waals surface area (Å²) in [5.74, 6) is 0.553. The lowest BCUT2D eigenvalue weighted by atomic mass is 10.1. The highest BCUT2D eigenvalue weighted by Crippen LogP contribution is 2.29. The Morgan fingerprint density at radius 2 is 1.86 bits per heavy atom. The zero-order valence-corrected chi connectivity index (χ0v) is 20.3. The molecule has 2 aromatic heterocycles. The molecule has 0 radical (unpaired) electrons. The van der Waals surface area contributed by atoms with E-state index in [2.05, 4.69) is 57.2 Å². The van der Waals surface area contributed by atoms with E-state index in [9.17, 15) is 4.79 Å². The molecule has 0 N–H and O–H groups in total. The van der Waals surface area contributed by atoms with E-state index >= 15 is 0 Å². The first-order chi connectivity index (χ1) is 13.5. The van der Waals surface area contributed by atoms with Gasteiger partial charge >= 0.3 is 0 Å². The number of hydrogen-bond acceptors (Lipinski definition) is 5. The molecular formula is C22H37N3O3Si. The Morgan fingerprint density at radius 3 is 2.41 bits per heavy atom. The number of ketones is 1. The zero-order chi connectivity index (χ0) is 21.8. The van der Waals surface area contributed by atoms with Crippen LogP contribution in [0.2, 0.25) is 25.7 Å². The standard InChI is InChI=1S/C22H37N3O3Si/c1-16(2)25(17(3)4)14-20(26)18-13-24(15-28-11-12-29(6,7)8)19-9-10-23-22(27-5)21(18)19/h9-10,13,16-17H,11-12,14-15H2,1-8H3. The van der Waals surface area contributed by atoms with Crippen LogP contribution in [0.25, 0.3) is 10.9 Å². The highest BCUT2D eigenvalue weighted by atomic mass is 28.3. The van der Waals surface area contributed by atoms with Crippen LogP contribution in [0.5, 0.6) is 5.88 Å². The van der Waals surface area contributed by atoms with Gasteiger partial charge in [0.15, 0.2) is 5.78 Å². The molecule has 29 heavy (non-hydrogen) atoms. The quantitative estimate of drug-likeness (QED) is 0.301. The van der Waals surface area contributed by atoms with E-state index in [0.29, 0.717) is 24.7 Å². The van der Waals surface area contributed by atoms with Crippen molar-refractivity contribution >= 4 is 24.8 Å². The predicted molar refractivity (Wildman–Crippen MR) is 122 cm³/mol. The highest BCUT2D eigenvalue weighted by molar-refractivity contribution is 6.76. The smallest absolute Gasteiger partial charge is 0.223 e. The first-order valence-electron chi connectivity index (χ1n) is 10.4. The number of carbonyl (C=O) groups is 1. The molecular weight excluding hydrogens is 382 g/mol. The first-order valence-corrected chi connectivity index (χ1v) is 14.1. The number of fused-ring (bicyclic) bond motifs is 1. The van der Waals surface area contributed by atoms with Crippen LogP contribution in [0.15, 0.2) is 18.5 Å².